The summed E-state index contributed by atoms with van der Waals surface area (Å²) in [5.41, 5.74) is 11.0. The summed E-state index contributed by atoms with van der Waals surface area (Å²) in [7, 11) is 1.89. The van der Waals surface area contributed by atoms with E-state index in [4.69, 9.17) is 20.6 Å². The van der Waals surface area contributed by atoms with Gasteiger partial charge < -0.3 is 15.7 Å². The predicted molar refractivity (Wildman–Crippen MR) is 131 cm³/mol. The Bertz CT molecular complexity index is 1520. The zero-order valence-electron chi connectivity index (χ0n) is 20.2. The van der Waals surface area contributed by atoms with Crippen LogP contribution in [0.1, 0.15) is 5.56 Å². The highest BCUT2D eigenvalue weighted by atomic mass is 19.4. The van der Waals surface area contributed by atoms with Crippen molar-refractivity contribution < 1.29 is 23.1 Å². The number of rotatable bonds is 4. The lowest BCUT2D eigenvalue weighted by atomic mass is 10.0. The summed E-state index contributed by atoms with van der Waals surface area (Å²) in [5.74, 6) is 0.400. The molecule has 4 aromatic rings. The third kappa shape index (κ3) is 4.66. The molecule has 1 unspecified atom stereocenters. The highest BCUT2D eigenvalue weighted by Gasteiger charge is 2.54. The zero-order chi connectivity index (χ0) is 27.2. The van der Waals surface area contributed by atoms with Gasteiger partial charge >= 0.3 is 12.1 Å². The Hall–Kier alpha value is -4.44. The fourth-order valence-electron chi connectivity index (χ4n) is 5.07. The Morgan fingerprint density at radius 3 is 2.37 bits per heavy atom. The molecule has 1 saturated carbocycles. The second-order valence-corrected chi connectivity index (χ2v) is 9.35. The van der Waals surface area contributed by atoms with E-state index in [1.54, 1.807) is 15.4 Å². The minimum atomic E-state index is -5.08. The van der Waals surface area contributed by atoms with Crippen LogP contribution in [0.4, 0.5) is 19.0 Å². The maximum absolute atomic E-state index is 10.6. The van der Waals surface area contributed by atoms with Gasteiger partial charge in [0.2, 0.25) is 0 Å². The molecule has 0 amide bonds. The van der Waals surface area contributed by atoms with E-state index in [1.165, 1.54) is 0 Å². The van der Waals surface area contributed by atoms with Gasteiger partial charge in [0.05, 0.1) is 23.5 Å². The summed E-state index contributed by atoms with van der Waals surface area (Å²) in [6.07, 6.45) is 4.15. The highest BCUT2D eigenvalue weighted by molar-refractivity contribution is 5.87. The molecular weight excluding hydrogens is 501 g/mol. The maximum atomic E-state index is 10.6. The number of alkyl halides is 3. The van der Waals surface area contributed by atoms with Gasteiger partial charge in [-0.3, -0.25) is 4.68 Å². The molecule has 3 N–H and O–H groups in total. The number of carboxylic acids is 1. The molecule has 38 heavy (non-hydrogen) atoms. The average molecular weight is 525 g/mol. The second kappa shape index (κ2) is 9.46. The molecule has 1 saturated heterocycles. The monoisotopic (exact) mass is 524 g/mol. The van der Waals surface area contributed by atoms with Crippen molar-refractivity contribution in [1.29, 1.82) is 5.26 Å². The SMILES string of the molecule is Cn1cc(-c2cc(-c3ccc(N4C[C@@H]5C(CN)[C@@H]5C4)nc3)c3c(C#N)cnn3c2)cn1.O=C(O)C(F)(F)F. The molecular formula is C25H23F3N8O2. The lowest BCUT2D eigenvalue weighted by Gasteiger charge is -2.20. The van der Waals surface area contributed by atoms with Crippen molar-refractivity contribution in [2.75, 3.05) is 24.5 Å². The lowest BCUT2D eigenvalue weighted by Crippen LogP contribution is -2.26. The average Bonchev–Trinajstić information content (AvgIpc) is 3.32. The summed E-state index contributed by atoms with van der Waals surface area (Å²) >= 11 is 0. The third-order valence-electron chi connectivity index (χ3n) is 7.04. The van der Waals surface area contributed by atoms with Crippen molar-refractivity contribution in [3.05, 3.63) is 54.7 Å². The molecule has 0 aromatic carbocycles. The molecule has 3 atom stereocenters. The van der Waals surface area contributed by atoms with Crippen LogP contribution in [-0.4, -0.2) is 61.3 Å². The van der Waals surface area contributed by atoms with Crippen LogP contribution in [0.25, 0.3) is 27.8 Å². The Morgan fingerprint density at radius 1 is 1.13 bits per heavy atom. The number of aromatic nitrogens is 5. The van der Waals surface area contributed by atoms with Gasteiger partial charge in [0.25, 0.3) is 0 Å². The van der Waals surface area contributed by atoms with Crippen molar-refractivity contribution in [3.63, 3.8) is 0 Å². The fraction of sp³-hybridized carbons (Fsp3) is 0.320. The van der Waals surface area contributed by atoms with E-state index in [2.05, 4.69) is 39.4 Å². The maximum Gasteiger partial charge on any atom is 0.490 e. The quantitative estimate of drug-likeness (QED) is 0.416. The molecule has 0 bridgehead atoms. The number of aryl methyl sites for hydroxylation is 1. The van der Waals surface area contributed by atoms with Crippen molar-refractivity contribution in [2.24, 2.45) is 30.5 Å². The van der Waals surface area contributed by atoms with Crippen molar-refractivity contribution >= 4 is 17.3 Å². The molecule has 0 spiro atoms. The van der Waals surface area contributed by atoms with Gasteiger partial charge in [0, 0.05) is 61.0 Å². The molecule has 0 radical (unpaired) electrons. The van der Waals surface area contributed by atoms with E-state index < -0.39 is 12.1 Å². The number of nitriles is 1. The Morgan fingerprint density at radius 2 is 1.84 bits per heavy atom. The van der Waals surface area contributed by atoms with E-state index in [9.17, 15) is 18.4 Å². The van der Waals surface area contributed by atoms with Gasteiger partial charge in [-0.25, -0.2) is 14.3 Å². The molecule has 4 aromatic heterocycles. The van der Waals surface area contributed by atoms with Crippen LogP contribution in [0.2, 0.25) is 0 Å². The van der Waals surface area contributed by atoms with Crippen LogP contribution >= 0.6 is 0 Å². The normalized spacial score (nSPS) is 20.0. The first kappa shape index (κ1) is 25.2. The predicted octanol–water partition coefficient (Wildman–Crippen LogP) is 2.94. The number of fused-ring (bicyclic) bond motifs is 2. The number of hydrogen-bond acceptors (Lipinski definition) is 7. The smallest absolute Gasteiger partial charge is 0.475 e. The first-order valence-corrected chi connectivity index (χ1v) is 11.7. The van der Waals surface area contributed by atoms with Crippen LogP contribution in [0.5, 0.6) is 0 Å². The molecule has 196 valence electrons. The van der Waals surface area contributed by atoms with Crippen LogP contribution in [0.15, 0.2) is 49.2 Å². The Labute approximate surface area is 214 Å². The molecule has 10 nitrogen and oxygen atoms in total. The first-order chi connectivity index (χ1) is 18.1. The number of nitrogens with zero attached hydrogens (tertiary/aromatic N) is 7. The van der Waals surface area contributed by atoms with Crippen molar-refractivity contribution in [2.45, 2.75) is 6.18 Å². The molecule has 1 aliphatic carbocycles. The fourth-order valence-corrected chi connectivity index (χ4v) is 5.07. The van der Waals surface area contributed by atoms with Crippen LogP contribution in [-0.2, 0) is 11.8 Å². The first-order valence-electron chi connectivity index (χ1n) is 11.7. The number of pyridine rings is 2. The van der Waals surface area contributed by atoms with E-state index in [0.717, 1.165) is 65.1 Å². The summed E-state index contributed by atoms with van der Waals surface area (Å²) in [5, 5.41) is 25.4. The highest BCUT2D eigenvalue weighted by Crippen LogP contribution is 2.51. The van der Waals surface area contributed by atoms with Gasteiger partial charge in [-0.05, 0) is 42.5 Å². The summed E-state index contributed by atoms with van der Waals surface area (Å²) in [4.78, 5) is 16.0. The number of piperidine rings is 1. The molecule has 6 rings (SSSR count). The molecule has 5 heterocycles. The van der Waals surface area contributed by atoms with Gasteiger partial charge in [-0.1, -0.05) is 0 Å². The lowest BCUT2D eigenvalue weighted by molar-refractivity contribution is -0.192. The summed E-state index contributed by atoms with van der Waals surface area (Å²) in [6.45, 7) is 2.88. The zero-order valence-corrected chi connectivity index (χ0v) is 20.2. The summed E-state index contributed by atoms with van der Waals surface area (Å²) in [6, 6.07) is 8.51. The third-order valence-corrected chi connectivity index (χ3v) is 7.04. The number of nitrogens with two attached hydrogens (primary N) is 1. The van der Waals surface area contributed by atoms with E-state index in [0.29, 0.717) is 11.5 Å². The number of carbonyl (C=O) groups is 1. The molecule has 13 heteroatoms. The van der Waals surface area contributed by atoms with Crippen LogP contribution < -0.4 is 10.6 Å². The number of halogens is 3. The molecule has 2 aliphatic rings. The van der Waals surface area contributed by atoms with Gasteiger partial charge in [0.1, 0.15) is 11.9 Å². The minimum Gasteiger partial charge on any atom is -0.475 e. The minimum absolute atomic E-state index is 0.546. The van der Waals surface area contributed by atoms with Crippen molar-refractivity contribution in [3.8, 4) is 28.3 Å². The molecule has 2 fully saturated rings. The van der Waals surface area contributed by atoms with Gasteiger partial charge in [0.15, 0.2) is 0 Å². The summed E-state index contributed by atoms with van der Waals surface area (Å²) < 4.78 is 35.3. The number of hydrogen-bond donors (Lipinski definition) is 2. The number of carboxylic acid groups (broad SMARTS) is 1. The molecule has 1 aliphatic heterocycles. The van der Waals surface area contributed by atoms with E-state index >= 15 is 0 Å². The number of anilines is 1. The van der Waals surface area contributed by atoms with E-state index in [1.807, 2.05) is 31.8 Å². The number of aliphatic carboxylic acids is 1. The Balaban J connectivity index is 0.000000374. The van der Waals surface area contributed by atoms with Gasteiger partial charge in [-0.15, -0.1) is 0 Å². The van der Waals surface area contributed by atoms with Crippen LogP contribution in [0, 0.1) is 29.1 Å². The van der Waals surface area contributed by atoms with Crippen LogP contribution in [0.3, 0.4) is 0 Å². The second-order valence-electron chi connectivity index (χ2n) is 9.35. The topological polar surface area (TPSA) is 138 Å². The largest absolute Gasteiger partial charge is 0.490 e. The van der Waals surface area contributed by atoms with Crippen molar-refractivity contribution in [1.82, 2.24) is 24.4 Å². The Kier molecular flexibility index (Phi) is 6.28. The van der Waals surface area contributed by atoms with Gasteiger partial charge in [-0.2, -0.15) is 28.6 Å². The van der Waals surface area contributed by atoms with E-state index in [-0.39, 0.29) is 0 Å². The standard InChI is InChI=1S/C23H22N8.C2HF3O2/c1-29-10-17(9-27-29)15-4-18(23-16(5-24)8-28-31(23)11-15)14-2-3-22(26-7-14)30-12-20-19(6-25)21(20)13-30;3-2(4,5)1(6)7/h2-4,7-11,19-21H,6,12-13,25H2,1H3;(H,6,7)/t19?,20-,21+;.